The van der Waals surface area contributed by atoms with Gasteiger partial charge in [0, 0.05) is 50.5 Å². The molecule has 1 atom stereocenters. The van der Waals surface area contributed by atoms with Crippen LogP contribution in [0.3, 0.4) is 0 Å². The molecule has 3 aromatic rings. The van der Waals surface area contributed by atoms with Gasteiger partial charge in [-0.3, -0.25) is 4.79 Å². The Morgan fingerprint density at radius 3 is 2.42 bits per heavy atom. The molecule has 226 valence electrons. The van der Waals surface area contributed by atoms with E-state index in [1.165, 1.54) is 17.2 Å². The number of aromatic nitrogens is 1. The monoisotopic (exact) mass is 600 g/mol. The molecule has 0 unspecified atom stereocenters. The molecule has 2 N–H and O–H groups in total. The van der Waals surface area contributed by atoms with Gasteiger partial charge in [0.2, 0.25) is 10.0 Å². The Bertz CT molecular complexity index is 1670. The van der Waals surface area contributed by atoms with Gasteiger partial charge < -0.3 is 14.7 Å². The summed E-state index contributed by atoms with van der Waals surface area (Å²) < 4.78 is 24.3. The molecule has 2 fully saturated rings. The fraction of sp³-hybridized carbons (Fsp3) is 0.424. The maximum absolute atomic E-state index is 14.1. The van der Waals surface area contributed by atoms with Gasteiger partial charge >= 0.3 is 0 Å². The number of nitrogens with two attached hydrogens (primary N) is 1. The third kappa shape index (κ3) is 6.24. The second kappa shape index (κ2) is 12.3. The van der Waals surface area contributed by atoms with Gasteiger partial charge in [0.05, 0.1) is 11.3 Å². The molecule has 5 rings (SSSR count). The van der Waals surface area contributed by atoms with Crippen molar-refractivity contribution < 1.29 is 13.2 Å². The Morgan fingerprint density at radius 1 is 1.02 bits per heavy atom. The number of para-hydroxylation sites is 1. The molecule has 0 spiro atoms. The van der Waals surface area contributed by atoms with Gasteiger partial charge in [-0.25, -0.2) is 18.5 Å². The predicted octanol–water partition coefficient (Wildman–Crippen LogP) is 4.34. The second-order valence-corrected chi connectivity index (χ2v) is 13.4. The van der Waals surface area contributed by atoms with Crippen LogP contribution in [-0.2, 0) is 16.4 Å². The summed E-state index contributed by atoms with van der Waals surface area (Å²) in [6, 6.07) is 15.1. The number of amides is 1. The molecular formula is C33H40N6O3S. The second-order valence-electron chi connectivity index (χ2n) is 11.9. The van der Waals surface area contributed by atoms with Gasteiger partial charge in [-0.05, 0) is 99.4 Å². The number of carbonyl (C=O) groups is 1. The number of rotatable bonds is 6. The SMILES string of the molecule is Cc1cc(C)c(C(=O)N2CCN(c3ncccc3S(N)(=O)=O)C[C@@H]2C)c(C)c1CC1CCN(c2ccccc2C#N)CC1. The molecule has 3 heterocycles. The van der Waals surface area contributed by atoms with Crippen LogP contribution in [0, 0.1) is 38.0 Å². The zero-order valence-electron chi connectivity index (χ0n) is 25.4. The van der Waals surface area contributed by atoms with Crippen LogP contribution in [0.15, 0.2) is 53.6 Å². The maximum Gasteiger partial charge on any atom is 0.254 e. The van der Waals surface area contributed by atoms with E-state index >= 15 is 0 Å². The first-order chi connectivity index (χ1) is 20.5. The summed E-state index contributed by atoms with van der Waals surface area (Å²) in [6.45, 7) is 11.4. The van der Waals surface area contributed by atoms with E-state index in [0.29, 0.717) is 36.9 Å². The summed E-state index contributed by atoms with van der Waals surface area (Å²) in [7, 11) is -3.93. The third-order valence-electron chi connectivity index (χ3n) is 9.06. The van der Waals surface area contributed by atoms with Gasteiger partial charge in [0.1, 0.15) is 16.8 Å². The largest absolute Gasteiger partial charge is 0.370 e. The number of nitriles is 1. The van der Waals surface area contributed by atoms with Crippen LogP contribution in [0.5, 0.6) is 0 Å². The molecule has 1 amide bonds. The summed E-state index contributed by atoms with van der Waals surface area (Å²) in [6.07, 6.45) is 4.54. The van der Waals surface area contributed by atoms with Crippen LogP contribution in [0.4, 0.5) is 11.5 Å². The van der Waals surface area contributed by atoms with Crippen LogP contribution < -0.4 is 14.9 Å². The van der Waals surface area contributed by atoms with E-state index in [4.69, 9.17) is 5.14 Å². The Labute approximate surface area is 255 Å². The van der Waals surface area contributed by atoms with E-state index in [2.05, 4.69) is 35.9 Å². The summed E-state index contributed by atoms with van der Waals surface area (Å²) in [4.78, 5) is 24.5. The van der Waals surface area contributed by atoms with Crippen LogP contribution in [0.2, 0.25) is 0 Å². The minimum atomic E-state index is -3.93. The predicted molar refractivity (Wildman–Crippen MR) is 169 cm³/mol. The van der Waals surface area contributed by atoms with Gasteiger partial charge in [0.25, 0.3) is 5.91 Å². The average Bonchev–Trinajstić information content (AvgIpc) is 2.99. The minimum absolute atomic E-state index is 0.00283. The molecule has 2 aromatic carbocycles. The van der Waals surface area contributed by atoms with E-state index in [1.807, 2.05) is 47.9 Å². The smallest absolute Gasteiger partial charge is 0.254 e. The maximum atomic E-state index is 14.1. The molecule has 9 nitrogen and oxygen atoms in total. The summed E-state index contributed by atoms with van der Waals surface area (Å²) in [5.74, 6) is 0.845. The minimum Gasteiger partial charge on any atom is -0.370 e. The van der Waals surface area contributed by atoms with E-state index in [1.54, 1.807) is 12.3 Å². The zero-order valence-corrected chi connectivity index (χ0v) is 26.2. The van der Waals surface area contributed by atoms with Gasteiger partial charge in [-0.15, -0.1) is 0 Å². The van der Waals surface area contributed by atoms with Crippen molar-refractivity contribution in [2.45, 2.75) is 57.9 Å². The lowest BCUT2D eigenvalue weighted by molar-refractivity contribution is 0.0671. The van der Waals surface area contributed by atoms with Crippen molar-refractivity contribution in [3.8, 4) is 6.07 Å². The number of benzene rings is 2. The third-order valence-corrected chi connectivity index (χ3v) is 9.99. The number of hydrogen-bond donors (Lipinski definition) is 1. The van der Waals surface area contributed by atoms with Crippen molar-refractivity contribution in [2.24, 2.45) is 11.1 Å². The van der Waals surface area contributed by atoms with Crippen LogP contribution in [-0.4, -0.2) is 63.0 Å². The quantitative estimate of drug-likeness (QED) is 0.447. The molecule has 2 aliphatic rings. The number of carbonyl (C=O) groups excluding carboxylic acids is 1. The molecule has 0 bridgehead atoms. The van der Waals surface area contributed by atoms with Crippen molar-refractivity contribution in [3.05, 3.63) is 82.0 Å². The molecule has 2 saturated heterocycles. The fourth-order valence-electron chi connectivity index (χ4n) is 6.82. The zero-order chi connectivity index (χ0) is 30.9. The molecule has 0 radical (unpaired) electrons. The average molecular weight is 601 g/mol. The normalized spacial score (nSPS) is 18.0. The fourth-order valence-corrected chi connectivity index (χ4v) is 7.52. The number of anilines is 2. The highest BCUT2D eigenvalue weighted by Gasteiger charge is 2.33. The standard InChI is InChI=1S/C33H40N6O3S/c1-22-18-23(2)31(25(4)28(22)19-26-11-14-37(15-12-26)29-9-6-5-8-27(29)20-34)33(40)39-17-16-38(21-24(39)3)32-30(43(35,41)42)10-7-13-36-32/h5-10,13,18,24,26H,11-12,14-17,19,21H2,1-4H3,(H2,35,41,42)/t24-/m0/s1. The number of pyridine rings is 1. The van der Waals surface area contributed by atoms with Crippen molar-refractivity contribution in [2.75, 3.05) is 42.5 Å². The van der Waals surface area contributed by atoms with Crippen molar-refractivity contribution in [3.63, 3.8) is 0 Å². The number of hydrogen-bond acceptors (Lipinski definition) is 7. The first-order valence-electron chi connectivity index (χ1n) is 14.9. The number of piperazine rings is 1. The van der Waals surface area contributed by atoms with Gasteiger partial charge in [-0.1, -0.05) is 18.2 Å². The summed E-state index contributed by atoms with van der Waals surface area (Å²) in [5.41, 5.74) is 6.99. The Balaban J connectivity index is 1.30. The Morgan fingerprint density at radius 2 is 1.74 bits per heavy atom. The Kier molecular flexibility index (Phi) is 8.76. The lowest BCUT2D eigenvalue weighted by Crippen LogP contribution is -2.54. The molecular weight excluding hydrogens is 560 g/mol. The van der Waals surface area contributed by atoms with Crippen LogP contribution >= 0.6 is 0 Å². The van der Waals surface area contributed by atoms with Crippen molar-refractivity contribution in [1.82, 2.24) is 9.88 Å². The topological polar surface area (TPSA) is 124 Å². The number of piperidine rings is 1. The highest BCUT2D eigenvalue weighted by atomic mass is 32.2. The first-order valence-corrected chi connectivity index (χ1v) is 16.4. The molecule has 0 saturated carbocycles. The summed E-state index contributed by atoms with van der Waals surface area (Å²) >= 11 is 0. The molecule has 1 aromatic heterocycles. The first kappa shape index (κ1) is 30.5. The highest BCUT2D eigenvalue weighted by Crippen LogP contribution is 2.32. The van der Waals surface area contributed by atoms with E-state index in [-0.39, 0.29) is 16.8 Å². The molecule has 0 aliphatic carbocycles. The van der Waals surface area contributed by atoms with Gasteiger partial charge in [-0.2, -0.15) is 5.26 Å². The van der Waals surface area contributed by atoms with E-state index in [9.17, 15) is 18.5 Å². The van der Waals surface area contributed by atoms with Gasteiger partial charge in [0.15, 0.2) is 0 Å². The van der Waals surface area contributed by atoms with Crippen LogP contribution in [0.25, 0.3) is 0 Å². The lowest BCUT2D eigenvalue weighted by Gasteiger charge is -2.41. The summed E-state index contributed by atoms with van der Waals surface area (Å²) in [5, 5.41) is 15.0. The lowest BCUT2D eigenvalue weighted by atomic mass is 9.83. The number of nitrogens with zero attached hydrogens (tertiary/aromatic N) is 5. The highest BCUT2D eigenvalue weighted by molar-refractivity contribution is 7.89. The van der Waals surface area contributed by atoms with Crippen molar-refractivity contribution in [1.29, 1.82) is 5.26 Å². The Hall–Kier alpha value is -3.94. The van der Waals surface area contributed by atoms with Crippen LogP contribution in [0.1, 0.15) is 57.9 Å². The number of sulfonamides is 1. The van der Waals surface area contributed by atoms with E-state index in [0.717, 1.165) is 54.7 Å². The molecule has 2 aliphatic heterocycles. The number of primary sulfonamides is 1. The van der Waals surface area contributed by atoms with E-state index < -0.39 is 10.0 Å². The number of aryl methyl sites for hydroxylation is 2. The molecule has 43 heavy (non-hydrogen) atoms. The van der Waals surface area contributed by atoms with Crippen molar-refractivity contribution >= 4 is 27.4 Å². The molecule has 10 heteroatoms.